The Bertz CT molecular complexity index is 412. The Morgan fingerprint density at radius 2 is 2.33 bits per heavy atom. The number of fused-ring (bicyclic) bond motifs is 1. The van der Waals surface area contributed by atoms with Gasteiger partial charge in [-0.05, 0) is 62.4 Å². The van der Waals surface area contributed by atoms with Crippen molar-refractivity contribution < 1.29 is 4.74 Å². The summed E-state index contributed by atoms with van der Waals surface area (Å²) in [6.45, 7) is 3.12. The molecule has 0 radical (unpaired) electrons. The lowest BCUT2D eigenvalue weighted by Crippen LogP contribution is -2.25. The molecule has 1 aliphatic carbocycles. The van der Waals surface area contributed by atoms with Gasteiger partial charge in [-0.1, -0.05) is 18.2 Å². The molecule has 0 heterocycles. The van der Waals surface area contributed by atoms with E-state index in [0.717, 1.165) is 18.7 Å². The summed E-state index contributed by atoms with van der Waals surface area (Å²) in [4.78, 5) is 0. The van der Waals surface area contributed by atoms with Gasteiger partial charge in [-0.25, -0.2) is 0 Å². The van der Waals surface area contributed by atoms with Gasteiger partial charge < -0.3 is 10.1 Å². The number of nitrogens with one attached hydrogen (secondary N) is 1. The fourth-order valence-corrected chi connectivity index (χ4v) is 2.62. The molecule has 0 saturated heterocycles. The number of allylic oxidation sites excluding steroid dienone is 1. The van der Waals surface area contributed by atoms with E-state index < -0.39 is 0 Å². The van der Waals surface area contributed by atoms with Gasteiger partial charge in [0.05, 0.1) is 7.11 Å². The summed E-state index contributed by atoms with van der Waals surface area (Å²) < 4.78 is 5.33. The van der Waals surface area contributed by atoms with E-state index in [0.29, 0.717) is 6.04 Å². The van der Waals surface area contributed by atoms with Gasteiger partial charge in [0.1, 0.15) is 5.75 Å². The molecular weight excluding hydrogens is 222 g/mol. The van der Waals surface area contributed by atoms with Crippen LogP contribution >= 0.6 is 0 Å². The molecular formula is C16H23NO. The number of ether oxygens (including phenoxy) is 1. The molecule has 1 N–H and O–H groups in total. The van der Waals surface area contributed by atoms with Crippen LogP contribution in [-0.4, -0.2) is 13.7 Å². The van der Waals surface area contributed by atoms with E-state index in [4.69, 9.17) is 4.74 Å². The number of hydrogen-bond donors (Lipinski definition) is 1. The predicted molar refractivity (Wildman–Crippen MR) is 76.1 cm³/mol. The number of hydrogen-bond acceptors (Lipinski definition) is 2. The van der Waals surface area contributed by atoms with Crippen molar-refractivity contribution in [1.82, 2.24) is 5.32 Å². The molecule has 0 fully saturated rings. The third-order valence-electron chi connectivity index (χ3n) is 3.60. The van der Waals surface area contributed by atoms with E-state index in [1.54, 1.807) is 7.11 Å². The van der Waals surface area contributed by atoms with Crippen LogP contribution in [0.3, 0.4) is 0 Å². The summed E-state index contributed by atoms with van der Waals surface area (Å²) >= 11 is 0. The second kappa shape index (κ2) is 6.60. The van der Waals surface area contributed by atoms with Crippen LogP contribution in [-0.2, 0) is 6.42 Å². The number of aryl methyl sites for hydroxylation is 1. The standard InChI is InChI=1S/C16H23NO/c1-3-4-5-11-17-16-8-6-7-13-9-10-14(18-2)12-15(13)16/h3-4,9-10,12,16-17H,5-8,11H2,1-2H3/b4-3+. The minimum absolute atomic E-state index is 0.495. The van der Waals surface area contributed by atoms with Crippen molar-refractivity contribution in [1.29, 1.82) is 0 Å². The minimum atomic E-state index is 0.495. The SMILES string of the molecule is C/C=C/CCNC1CCCc2ccc(OC)cc21. The van der Waals surface area contributed by atoms with Crippen molar-refractivity contribution in [2.45, 2.75) is 38.6 Å². The Balaban J connectivity index is 2.06. The van der Waals surface area contributed by atoms with Gasteiger partial charge in [-0.3, -0.25) is 0 Å². The van der Waals surface area contributed by atoms with Crippen LogP contribution in [0.25, 0.3) is 0 Å². The molecule has 2 nitrogen and oxygen atoms in total. The Labute approximate surface area is 110 Å². The molecule has 0 saturated carbocycles. The average molecular weight is 245 g/mol. The lowest BCUT2D eigenvalue weighted by atomic mass is 9.87. The highest BCUT2D eigenvalue weighted by Gasteiger charge is 2.19. The second-order valence-electron chi connectivity index (χ2n) is 4.82. The van der Waals surface area contributed by atoms with Gasteiger partial charge in [0.15, 0.2) is 0 Å². The van der Waals surface area contributed by atoms with Crippen LogP contribution < -0.4 is 10.1 Å². The predicted octanol–water partition coefficient (Wildman–Crippen LogP) is 3.63. The average Bonchev–Trinajstić information content (AvgIpc) is 2.43. The van der Waals surface area contributed by atoms with E-state index in [9.17, 15) is 0 Å². The Hall–Kier alpha value is -1.28. The van der Waals surface area contributed by atoms with Crippen LogP contribution in [0.5, 0.6) is 5.75 Å². The zero-order valence-electron chi connectivity index (χ0n) is 11.4. The summed E-state index contributed by atoms with van der Waals surface area (Å²) in [6, 6.07) is 6.98. The van der Waals surface area contributed by atoms with Crippen molar-refractivity contribution in [3.8, 4) is 5.75 Å². The molecule has 1 atom stereocenters. The molecule has 1 aliphatic rings. The monoisotopic (exact) mass is 245 g/mol. The number of rotatable bonds is 5. The van der Waals surface area contributed by atoms with Crippen molar-refractivity contribution in [2.24, 2.45) is 0 Å². The van der Waals surface area contributed by atoms with Gasteiger partial charge in [0.25, 0.3) is 0 Å². The molecule has 0 spiro atoms. The first kappa shape index (κ1) is 13.2. The van der Waals surface area contributed by atoms with Crippen LogP contribution in [0.15, 0.2) is 30.4 Å². The van der Waals surface area contributed by atoms with Crippen LogP contribution in [0.1, 0.15) is 43.4 Å². The van der Waals surface area contributed by atoms with E-state index >= 15 is 0 Å². The van der Waals surface area contributed by atoms with Gasteiger partial charge in [-0.15, -0.1) is 0 Å². The molecule has 1 aromatic carbocycles. The molecule has 0 aromatic heterocycles. The highest BCUT2D eigenvalue weighted by atomic mass is 16.5. The van der Waals surface area contributed by atoms with Gasteiger partial charge in [0, 0.05) is 6.04 Å². The quantitative estimate of drug-likeness (QED) is 0.632. The molecule has 98 valence electrons. The van der Waals surface area contributed by atoms with E-state index in [1.807, 2.05) is 0 Å². The highest BCUT2D eigenvalue weighted by Crippen LogP contribution is 2.32. The van der Waals surface area contributed by atoms with Crippen LogP contribution in [0.2, 0.25) is 0 Å². The van der Waals surface area contributed by atoms with E-state index in [-0.39, 0.29) is 0 Å². The maximum absolute atomic E-state index is 5.33. The molecule has 2 rings (SSSR count). The topological polar surface area (TPSA) is 21.3 Å². The Morgan fingerprint density at radius 3 is 3.11 bits per heavy atom. The van der Waals surface area contributed by atoms with Crippen molar-refractivity contribution in [3.63, 3.8) is 0 Å². The van der Waals surface area contributed by atoms with E-state index in [1.165, 1.54) is 30.4 Å². The summed E-state index contributed by atoms with van der Waals surface area (Å²) in [5, 5.41) is 3.66. The fraction of sp³-hybridized carbons (Fsp3) is 0.500. The maximum atomic E-state index is 5.33. The first-order valence-electron chi connectivity index (χ1n) is 6.86. The largest absolute Gasteiger partial charge is 0.497 e. The Morgan fingerprint density at radius 1 is 1.44 bits per heavy atom. The van der Waals surface area contributed by atoms with Crippen LogP contribution in [0, 0.1) is 0 Å². The molecule has 18 heavy (non-hydrogen) atoms. The molecule has 1 unspecified atom stereocenters. The highest BCUT2D eigenvalue weighted by molar-refractivity contribution is 5.39. The number of benzene rings is 1. The minimum Gasteiger partial charge on any atom is -0.497 e. The fourth-order valence-electron chi connectivity index (χ4n) is 2.62. The third-order valence-corrected chi connectivity index (χ3v) is 3.60. The van der Waals surface area contributed by atoms with E-state index in [2.05, 4.69) is 42.6 Å². The van der Waals surface area contributed by atoms with Crippen LogP contribution in [0.4, 0.5) is 0 Å². The molecule has 0 amide bonds. The summed E-state index contributed by atoms with van der Waals surface area (Å²) in [6.07, 6.45) is 9.14. The van der Waals surface area contributed by atoms with Gasteiger partial charge in [0.2, 0.25) is 0 Å². The van der Waals surface area contributed by atoms with Gasteiger partial charge >= 0.3 is 0 Å². The van der Waals surface area contributed by atoms with Crippen molar-refractivity contribution in [2.75, 3.05) is 13.7 Å². The number of methoxy groups -OCH3 is 1. The smallest absolute Gasteiger partial charge is 0.119 e. The Kier molecular flexibility index (Phi) is 4.82. The molecule has 1 aromatic rings. The van der Waals surface area contributed by atoms with Crippen molar-refractivity contribution >= 4 is 0 Å². The zero-order valence-corrected chi connectivity index (χ0v) is 11.4. The second-order valence-corrected chi connectivity index (χ2v) is 4.82. The maximum Gasteiger partial charge on any atom is 0.119 e. The zero-order chi connectivity index (χ0) is 12.8. The first-order valence-corrected chi connectivity index (χ1v) is 6.86. The summed E-state index contributed by atoms with van der Waals surface area (Å²) in [7, 11) is 1.74. The van der Waals surface area contributed by atoms with Gasteiger partial charge in [-0.2, -0.15) is 0 Å². The first-order chi connectivity index (χ1) is 8.85. The van der Waals surface area contributed by atoms with Crippen molar-refractivity contribution in [3.05, 3.63) is 41.5 Å². The molecule has 0 bridgehead atoms. The lowest BCUT2D eigenvalue weighted by Gasteiger charge is -2.27. The third kappa shape index (κ3) is 3.14. The summed E-state index contributed by atoms with van der Waals surface area (Å²) in [5.74, 6) is 0.968. The molecule has 0 aliphatic heterocycles. The normalized spacial score (nSPS) is 18.9. The summed E-state index contributed by atoms with van der Waals surface area (Å²) in [5.41, 5.74) is 2.91. The molecule has 2 heteroatoms. The lowest BCUT2D eigenvalue weighted by molar-refractivity contribution is 0.409.